The molecule has 8 unspecified atom stereocenters. The van der Waals surface area contributed by atoms with Gasteiger partial charge in [-0.2, -0.15) is 0 Å². The first-order chi connectivity index (χ1) is 33.5. The molecule has 1 aromatic heterocycles. The molecule has 0 spiro atoms. The lowest BCUT2D eigenvalue weighted by atomic mass is 10.0. The lowest BCUT2D eigenvalue weighted by molar-refractivity contribution is -0.142. The molecule has 21 nitrogen and oxygen atoms in total. The van der Waals surface area contributed by atoms with Gasteiger partial charge in [0.15, 0.2) is 6.17 Å². The summed E-state index contributed by atoms with van der Waals surface area (Å²) in [5.74, 6) is -8.07. The number of hydrogen-bond donors (Lipinski definition) is 10. The van der Waals surface area contributed by atoms with Crippen molar-refractivity contribution < 1.29 is 58.5 Å². The van der Waals surface area contributed by atoms with Gasteiger partial charge in [0.2, 0.25) is 41.4 Å². The molecule has 2 fully saturated rings. The number of aromatic nitrogens is 1. The molecule has 7 rings (SSSR count). The summed E-state index contributed by atoms with van der Waals surface area (Å²) in [6.45, 7) is 2.61. The summed E-state index contributed by atoms with van der Waals surface area (Å²) in [5.41, 5.74) is 1.72. The predicted molar refractivity (Wildman–Crippen MR) is 250 cm³/mol. The zero-order valence-corrected chi connectivity index (χ0v) is 38.6. The van der Waals surface area contributed by atoms with Gasteiger partial charge in [0.25, 0.3) is 5.91 Å². The number of aliphatic hydroxyl groups excluding tert-OH is 1. The minimum Gasteiger partial charge on any atom is -0.508 e. The molecule has 21 heteroatoms. The topological polar surface area (TPSA) is 307 Å². The highest BCUT2D eigenvalue weighted by Crippen LogP contribution is 2.27. The van der Waals surface area contributed by atoms with E-state index in [0.717, 1.165) is 0 Å². The van der Waals surface area contributed by atoms with Crippen LogP contribution in [-0.2, 0) is 62.4 Å². The van der Waals surface area contributed by atoms with Crippen LogP contribution in [0.5, 0.6) is 5.75 Å². The molecule has 4 heterocycles. The SMILES string of the molecule is CC(C)C1NC(=O)C(NC(=O)C(Cc2ccc(O)cc2)NC(=O)C2CCCN2C(=O)C2CCC(=O)N2)n2cc(c3ccccc32)CC(C(=O)O)NC(=O)C(CO)NC(=O)C(Cc2ccccc2)NC1=O. The number of phenolic OH excluding ortho intramolecular Hbond substituents is 1. The van der Waals surface area contributed by atoms with Crippen LogP contribution in [0.2, 0.25) is 0 Å². The van der Waals surface area contributed by atoms with Crippen LogP contribution in [0.1, 0.15) is 62.4 Å². The van der Waals surface area contributed by atoms with Crippen LogP contribution >= 0.6 is 0 Å². The highest BCUT2D eigenvalue weighted by atomic mass is 16.4. The molecule has 8 amide bonds. The van der Waals surface area contributed by atoms with Gasteiger partial charge in [-0.25, -0.2) is 4.79 Å². The second-order valence-corrected chi connectivity index (χ2v) is 18.1. The first-order valence-corrected chi connectivity index (χ1v) is 23.2. The van der Waals surface area contributed by atoms with Crippen molar-refractivity contribution >= 4 is 64.1 Å². The van der Waals surface area contributed by atoms with E-state index in [-0.39, 0.29) is 56.7 Å². The number of aromatic hydroxyl groups is 1. The van der Waals surface area contributed by atoms with E-state index in [9.17, 15) is 58.5 Å². The molecule has 0 aliphatic carbocycles. The lowest BCUT2D eigenvalue weighted by Gasteiger charge is -2.30. The number of benzene rings is 3. The molecule has 2 bridgehead atoms. The van der Waals surface area contributed by atoms with Gasteiger partial charge in [-0.1, -0.05) is 74.5 Å². The number of likely N-dealkylation sites (tertiary alicyclic amines) is 1. The monoisotopic (exact) mass is 963 g/mol. The molecule has 3 aliphatic rings. The number of carbonyl (C=O) groups excluding carboxylic acids is 8. The normalized spacial score (nSPS) is 23.9. The molecule has 3 aliphatic heterocycles. The summed E-state index contributed by atoms with van der Waals surface area (Å²) < 4.78 is 1.37. The minimum atomic E-state index is -1.72. The van der Waals surface area contributed by atoms with Crippen LogP contribution in [0.3, 0.4) is 0 Å². The van der Waals surface area contributed by atoms with Crippen molar-refractivity contribution in [3.05, 3.63) is 102 Å². The van der Waals surface area contributed by atoms with E-state index in [1.807, 2.05) is 0 Å². The number of rotatable bonds is 12. The second kappa shape index (κ2) is 22.1. The Morgan fingerprint density at radius 3 is 2.11 bits per heavy atom. The highest BCUT2D eigenvalue weighted by Gasteiger charge is 2.41. The number of carboxylic acid groups (broad SMARTS) is 1. The number of aliphatic carboxylic acids is 1. The molecule has 2 saturated heterocycles. The summed E-state index contributed by atoms with van der Waals surface area (Å²) in [6.07, 6.45) is 0.245. The Labute approximate surface area is 402 Å². The third kappa shape index (κ3) is 11.7. The van der Waals surface area contributed by atoms with Crippen molar-refractivity contribution in [1.29, 1.82) is 0 Å². The molecule has 10 N–H and O–H groups in total. The third-order valence-corrected chi connectivity index (χ3v) is 12.8. The van der Waals surface area contributed by atoms with E-state index in [1.165, 1.54) is 27.8 Å². The average Bonchev–Trinajstić information content (AvgIpc) is 4.10. The average molecular weight is 964 g/mol. The van der Waals surface area contributed by atoms with E-state index in [1.54, 1.807) is 80.6 Å². The Kier molecular flexibility index (Phi) is 15.8. The summed E-state index contributed by atoms with van der Waals surface area (Å²) >= 11 is 0. The van der Waals surface area contributed by atoms with Crippen molar-refractivity contribution in [1.82, 2.24) is 46.7 Å². The number of para-hydroxylation sites is 1. The first-order valence-electron chi connectivity index (χ1n) is 23.2. The van der Waals surface area contributed by atoms with Crippen LogP contribution in [0.4, 0.5) is 0 Å². The van der Waals surface area contributed by atoms with E-state index in [2.05, 4.69) is 37.2 Å². The molecule has 3 aromatic carbocycles. The van der Waals surface area contributed by atoms with Gasteiger partial charge >= 0.3 is 5.97 Å². The maximum absolute atomic E-state index is 15.0. The predicted octanol–water partition coefficient (Wildman–Crippen LogP) is -0.570. The van der Waals surface area contributed by atoms with Crippen LogP contribution in [-0.4, -0.2) is 133 Å². The molecule has 4 aromatic rings. The van der Waals surface area contributed by atoms with Gasteiger partial charge < -0.3 is 62.0 Å². The minimum absolute atomic E-state index is 0.0600. The zero-order chi connectivity index (χ0) is 50.2. The van der Waals surface area contributed by atoms with Gasteiger partial charge in [0, 0.05) is 43.8 Å². The van der Waals surface area contributed by atoms with Gasteiger partial charge in [-0.05, 0) is 60.1 Å². The maximum Gasteiger partial charge on any atom is 0.326 e. The molecule has 70 heavy (non-hydrogen) atoms. The van der Waals surface area contributed by atoms with Crippen molar-refractivity contribution in [3.63, 3.8) is 0 Å². The summed E-state index contributed by atoms with van der Waals surface area (Å²) in [7, 11) is 0. The van der Waals surface area contributed by atoms with E-state index in [4.69, 9.17) is 0 Å². The molecule has 0 saturated carbocycles. The molecule has 8 atom stereocenters. The van der Waals surface area contributed by atoms with E-state index >= 15 is 0 Å². The van der Waals surface area contributed by atoms with Crippen molar-refractivity contribution in [2.24, 2.45) is 5.92 Å². The smallest absolute Gasteiger partial charge is 0.326 e. The number of carboxylic acids is 1. The number of phenols is 1. The van der Waals surface area contributed by atoms with Gasteiger partial charge in [-0.3, -0.25) is 38.4 Å². The zero-order valence-electron chi connectivity index (χ0n) is 38.6. The number of fused-ring (bicyclic) bond motifs is 5. The Bertz CT molecular complexity index is 2640. The van der Waals surface area contributed by atoms with E-state index in [0.29, 0.717) is 34.0 Å². The summed E-state index contributed by atoms with van der Waals surface area (Å²) in [5, 5.41) is 49.6. The third-order valence-electron chi connectivity index (χ3n) is 12.8. The molecule has 0 radical (unpaired) electrons. The maximum atomic E-state index is 15.0. The van der Waals surface area contributed by atoms with Crippen LogP contribution in [0.25, 0.3) is 10.9 Å². The van der Waals surface area contributed by atoms with Crippen molar-refractivity contribution in [2.75, 3.05) is 13.2 Å². The second-order valence-electron chi connectivity index (χ2n) is 18.1. The summed E-state index contributed by atoms with van der Waals surface area (Å²) in [4.78, 5) is 126. The lowest BCUT2D eigenvalue weighted by Crippen LogP contribution is -2.60. The Hall–Kier alpha value is -7.81. The first kappa shape index (κ1) is 50.1. The fraction of sp³-hybridized carbons (Fsp3) is 0.408. The Morgan fingerprint density at radius 2 is 1.44 bits per heavy atom. The molecular formula is C49H57N9O12. The number of aliphatic hydroxyl groups is 1. The number of nitrogens with zero attached hydrogens (tertiary/aromatic N) is 2. The highest BCUT2D eigenvalue weighted by molar-refractivity contribution is 5.99. The molecule has 370 valence electrons. The molecular weight excluding hydrogens is 907 g/mol. The fourth-order valence-electron chi connectivity index (χ4n) is 9.04. The Morgan fingerprint density at radius 1 is 0.757 bits per heavy atom. The van der Waals surface area contributed by atoms with Crippen LogP contribution < -0.4 is 37.2 Å². The Balaban J connectivity index is 1.28. The number of amides is 8. The largest absolute Gasteiger partial charge is 0.508 e. The van der Waals surface area contributed by atoms with Gasteiger partial charge in [0.1, 0.15) is 48.0 Å². The standard InChI is InChI=1S/C49H57N9O12/c1-26(2)40-46(66)52-33(21-27-9-4-3-5-10-27)42(62)54-36(25-59)44(64)53-35(49(69)70)23-29-24-58(37-12-7-6-11-31(29)37)41(47(67)55-40)56-43(63)34(22-28-14-16-30(60)17-15-28)51-45(65)38-13-8-20-57(38)48(68)32-18-19-39(61)50-32/h3-7,9-12,14-17,24,26,32-36,38,40-41,59-60H,8,13,18-23,25H2,1-2H3,(H,50,61)(H,51,65)(H,52,66)(H,53,64)(H,54,62)(H,55,67)(H,56,63)(H,69,70). The fourth-order valence-corrected chi connectivity index (χ4v) is 9.04. The number of hydrogen-bond acceptors (Lipinski definition) is 11. The van der Waals surface area contributed by atoms with Gasteiger partial charge in [0.05, 0.1) is 12.1 Å². The number of nitrogens with one attached hydrogen (secondary N) is 7. The van der Waals surface area contributed by atoms with Crippen LogP contribution in [0, 0.1) is 5.92 Å². The van der Waals surface area contributed by atoms with E-state index < -0.39 is 108 Å². The van der Waals surface area contributed by atoms with Gasteiger partial charge in [-0.15, -0.1) is 0 Å². The summed E-state index contributed by atoms with van der Waals surface area (Å²) in [6, 6.07) is 11.8. The van der Waals surface area contributed by atoms with Crippen molar-refractivity contribution in [3.8, 4) is 5.75 Å². The van der Waals surface area contributed by atoms with Crippen LogP contribution in [0.15, 0.2) is 85.1 Å². The van der Waals surface area contributed by atoms with Crippen molar-refractivity contribution in [2.45, 2.75) is 107 Å². The number of carbonyl (C=O) groups is 9. The quantitative estimate of drug-likeness (QED) is 0.0855.